The summed E-state index contributed by atoms with van der Waals surface area (Å²) in [7, 11) is -4.73. The van der Waals surface area contributed by atoms with E-state index in [2.05, 4.69) is 15.1 Å². The van der Waals surface area contributed by atoms with E-state index in [-0.39, 0.29) is 17.9 Å². The molecule has 230 valence electrons. The van der Waals surface area contributed by atoms with Gasteiger partial charge < -0.3 is 24.2 Å². The molecule has 0 radical (unpaired) electrons. The fourth-order valence-corrected chi connectivity index (χ4v) is 5.64. The minimum absolute atomic E-state index is 0.0488. The molecule has 0 spiro atoms. The lowest BCUT2D eigenvalue weighted by atomic mass is 10.1. The average molecular weight is 628 g/mol. The van der Waals surface area contributed by atoms with E-state index in [1.807, 2.05) is 11.1 Å². The van der Waals surface area contributed by atoms with Crippen molar-refractivity contribution in [3.05, 3.63) is 109 Å². The predicted octanol–water partition coefficient (Wildman–Crippen LogP) is 1.59. The van der Waals surface area contributed by atoms with Crippen LogP contribution in [0.15, 0.2) is 81.6 Å². The zero-order chi connectivity index (χ0) is 31.9. The second-order valence-electron chi connectivity index (χ2n) is 9.41. The van der Waals surface area contributed by atoms with E-state index in [1.54, 1.807) is 30.3 Å². The van der Waals surface area contributed by atoms with Gasteiger partial charge in [0.25, 0.3) is 5.56 Å². The Kier molecular flexibility index (Phi) is 9.99. The number of hydrogen-bond donors (Lipinski definition) is 4. The molecule has 1 unspecified atom stereocenters. The van der Waals surface area contributed by atoms with E-state index < -0.39 is 61.8 Å². The highest BCUT2D eigenvalue weighted by atomic mass is 31.2. The third-order valence-electron chi connectivity index (χ3n) is 6.34. The fourth-order valence-electron chi connectivity index (χ4n) is 4.11. The van der Waals surface area contributed by atoms with Crippen molar-refractivity contribution in [1.29, 1.82) is 5.26 Å². The summed E-state index contributed by atoms with van der Waals surface area (Å²) in [6.45, 7) is 0.141. The van der Waals surface area contributed by atoms with Gasteiger partial charge in [0, 0.05) is 17.2 Å². The summed E-state index contributed by atoms with van der Waals surface area (Å²) in [5.41, 5.74) is 5.62. The summed E-state index contributed by atoms with van der Waals surface area (Å²) >= 11 is 0. The lowest BCUT2D eigenvalue weighted by Crippen LogP contribution is -2.45. The van der Waals surface area contributed by atoms with Gasteiger partial charge in [-0.1, -0.05) is 47.6 Å². The minimum atomic E-state index is -4.73. The van der Waals surface area contributed by atoms with E-state index in [9.17, 15) is 40.0 Å². The van der Waals surface area contributed by atoms with Crippen molar-refractivity contribution in [3.8, 4) is 11.8 Å². The number of carbonyl (C=O) groups is 1. The van der Waals surface area contributed by atoms with Crippen molar-refractivity contribution in [2.75, 3.05) is 6.61 Å². The van der Waals surface area contributed by atoms with Crippen molar-refractivity contribution in [2.24, 2.45) is 5.11 Å². The van der Waals surface area contributed by atoms with E-state index >= 15 is 0 Å². The Morgan fingerprint density at radius 3 is 2.64 bits per heavy atom. The van der Waals surface area contributed by atoms with Gasteiger partial charge in [-0.3, -0.25) is 23.7 Å². The molecule has 0 aliphatic carbocycles. The topological polar surface area (TPSA) is 251 Å². The molecule has 2 aromatic carbocycles. The Balaban J connectivity index is 1.60. The van der Waals surface area contributed by atoms with Gasteiger partial charge in [-0.2, -0.15) is 10.3 Å². The number of azide groups is 1. The number of carbonyl (C=O) groups excluding carboxylic acids is 1. The van der Waals surface area contributed by atoms with Gasteiger partial charge in [-0.15, -0.1) is 0 Å². The van der Waals surface area contributed by atoms with Crippen LogP contribution in [0.1, 0.15) is 24.3 Å². The lowest BCUT2D eigenvalue weighted by Gasteiger charge is -2.29. The van der Waals surface area contributed by atoms with Gasteiger partial charge in [-0.25, -0.2) is 9.36 Å². The highest BCUT2D eigenvalue weighted by molar-refractivity contribution is 7.52. The summed E-state index contributed by atoms with van der Waals surface area (Å²) in [5, 5.41) is 36.8. The van der Waals surface area contributed by atoms with Crippen molar-refractivity contribution >= 4 is 13.7 Å². The normalized spacial score (nSPS) is 23.0. The minimum Gasteiger partial charge on any atom is -0.460 e. The number of H-pyrrole nitrogens is 1. The smallest absolute Gasteiger partial charge is 0.459 e. The maximum Gasteiger partial charge on any atom is 0.459 e. The number of para-hydroxylation sites is 1. The zero-order valence-electron chi connectivity index (χ0n) is 22.9. The Morgan fingerprint density at radius 1 is 1.25 bits per heavy atom. The second-order valence-corrected chi connectivity index (χ2v) is 11.1. The van der Waals surface area contributed by atoms with Crippen LogP contribution in [0.4, 0.5) is 0 Å². The van der Waals surface area contributed by atoms with Crippen LogP contribution in [-0.2, 0) is 30.0 Å². The number of nitrogens with one attached hydrogen (secondary N) is 2. The first-order valence-electron chi connectivity index (χ1n) is 12.8. The largest absolute Gasteiger partial charge is 0.460 e. The van der Waals surface area contributed by atoms with Crippen molar-refractivity contribution < 1.29 is 38.1 Å². The summed E-state index contributed by atoms with van der Waals surface area (Å²) in [5.74, 6) is -1.07. The summed E-state index contributed by atoms with van der Waals surface area (Å²) in [6, 6.07) is 15.9. The van der Waals surface area contributed by atoms with Crippen molar-refractivity contribution in [1.82, 2.24) is 14.6 Å². The Morgan fingerprint density at radius 2 is 1.95 bits per heavy atom. The first-order chi connectivity index (χ1) is 21.0. The Labute approximate surface area is 248 Å². The first kappa shape index (κ1) is 32.1. The molecule has 1 saturated heterocycles. The molecule has 1 aliphatic heterocycles. The fraction of sp³-hybridized carbons (Fsp3) is 0.308. The Hall–Kier alpha value is -4.78. The van der Waals surface area contributed by atoms with Crippen LogP contribution < -0.4 is 20.9 Å². The molecule has 1 aliphatic rings. The molecular weight excluding hydrogens is 601 g/mol. The number of rotatable bonds is 12. The van der Waals surface area contributed by atoms with Gasteiger partial charge >= 0.3 is 19.4 Å². The molecule has 18 heteroatoms. The lowest BCUT2D eigenvalue weighted by molar-refractivity contribution is -0.146. The van der Waals surface area contributed by atoms with E-state index in [1.165, 1.54) is 31.2 Å². The molecule has 0 bridgehead atoms. The molecule has 17 nitrogen and oxygen atoms in total. The molecule has 2 heterocycles. The molecule has 0 amide bonds. The summed E-state index contributed by atoms with van der Waals surface area (Å²) in [6.07, 6.45) is -4.68. The molecule has 1 aromatic heterocycles. The maximum absolute atomic E-state index is 14.1. The number of nitriles is 1. The maximum atomic E-state index is 14.1. The number of benzene rings is 2. The van der Waals surface area contributed by atoms with Gasteiger partial charge in [0.05, 0.1) is 12.2 Å². The van der Waals surface area contributed by atoms with Crippen molar-refractivity contribution in [3.63, 3.8) is 0 Å². The number of aliphatic hydroxyl groups is 2. The van der Waals surface area contributed by atoms with Crippen LogP contribution in [0, 0.1) is 11.3 Å². The van der Waals surface area contributed by atoms with E-state index in [0.717, 1.165) is 16.8 Å². The predicted molar refractivity (Wildman–Crippen MR) is 150 cm³/mol. The SMILES string of the molecule is C[C@H](NP(=O)(OC[C@@]1(N=[N+]=[N-])O[C@@H](n2ccc(=O)[nH]c2=O)[C@H](O)[C@@H]1O)Oc1ccccc1C#N)C(=O)OCc1ccccc1. The van der Waals surface area contributed by atoms with Crippen molar-refractivity contribution in [2.45, 2.75) is 43.7 Å². The molecule has 4 rings (SSSR count). The van der Waals surface area contributed by atoms with Gasteiger partial charge in [-0.05, 0) is 30.2 Å². The van der Waals surface area contributed by atoms with Crippen LogP contribution >= 0.6 is 7.75 Å². The van der Waals surface area contributed by atoms with Gasteiger partial charge in [0.15, 0.2) is 6.23 Å². The number of aliphatic hydroxyl groups excluding tert-OH is 2. The molecule has 3 aromatic rings. The van der Waals surface area contributed by atoms with E-state index in [4.69, 9.17) is 18.5 Å². The number of nitrogens with zero attached hydrogens (tertiary/aromatic N) is 5. The van der Waals surface area contributed by atoms with Crippen LogP contribution in [0.5, 0.6) is 5.75 Å². The third-order valence-corrected chi connectivity index (χ3v) is 7.95. The number of aromatic amines is 1. The van der Waals surface area contributed by atoms with Crippen LogP contribution in [0.25, 0.3) is 10.4 Å². The Bertz CT molecular complexity index is 1750. The monoisotopic (exact) mass is 627 g/mol. The third kappa shape index (κ3) is 7.22. The molecule has 44 heavy (non-hydrogen) atoms. The van der Waals surface area contributed by atoms with Crippen LogP contribution in [0.2, 0.25) is 0 Å². The first-order valence-corrected chi connectivity index (χ1v) is 14.4. The molecule has 1 fully saturated rings. The quantitative estimate of drug-likeness (QED) is 0.0734. The molecule has 4 N–H and O–H groups in total. The summed E-state index contributed by atoms with van der Waals surface area (Å²) in [4.78, 5) is 41.1. The molecular formula is C26H26N7O10P. The number of aromatic nitrogens is 2. The highest BCUT2D eigenvalue weighted by Gasteiger charge is 2.56. The summed E-state index contributed by atoms with van der Waals surface area (Å²) < 4.78 is 36.7. The second kappa shape index (κ2) is 13.7. The highest BCUT2D eigenvalue weighted by Crippen LogP contribution is 2.48. The van der Waals surface area contributed by atoms with Gasteiger partial charge in [0.1, 0.15) is 36.7 Å². The van der Waals surface area contributed by atoms with Gasteiger partial charge in [0.2, 0.25) is 5.72 Å². The van der Waals surface area contributed by atoms with E-state index in [0.29, 0.717) is 5.56 Å². The van der Waals surface area contributed by atoms with Crippen LogP contribution in [-0.4, -0.2) is 56.3 Å². The van der Waals surface area contributed by atoms with Crippen LogP contribution in [0.3, 0.4) is 0 Å². The molecule has 0 saturated carbocycles. The molecule has 6 atom stereocenters. The number of esters is 1. The number of hydrogen-bond acceptors (Lipinski definition) is 12. The number of ether oxygens (including phenoxy) is 2. The average Bonchev–Trinajstić information content (AvgIpc) is 3.25. The zero-order valence-corrected chi connectivity index (χ0v) is 23.8. The standard InChI is InChI=1S/C26H26N7O10P/c1-16(24(37)40-14-17-7-3-2-4-8-17)30-44(39,43-19-10-6-5-9-18(19)13-27)41-15-26(31-32-28)22(36)21(35)23(42-26)33-12-11-20(34)29-25(33)38/h2-12,16,21-23,35-36H,14-15H2,1H3,(H,30,39)(H,29,34,38)/t16-,21+,22-,23+,26+,44?/m0/s1.